The third-order valence-electron chi connectivity index (χ3n) is 6.76. The molecule has 5 nitrogen and oxygen atoms in total. The first-order valence-corrected chi connectivity index (χ1v) is 13.5. The van der Waals surface area contributed by atoms with Gasteiger partial charge in [-0.2, -0.15) is 0 Å². The van der Waals surface area contributed by atoms with Crippen LogP contribution in [-0.2, 0) is 0 Å². The molecule has 1 aliphatic rings. The normalized spacial score (nSPS) is 17.3. The van der Waals surface area contributed by atoms with Crippen LogP contribution in [0.3, 0.4) is 0 Å². The van der Waals surface area contributed by atoms with Crippen LogP contribution >= 0.6 is 28.1 Å². The standard InChI is InChI=1S/C29H30BrN5S/c1-20-19-23(21(2)35(20)26-15-7-6-13-24(26)30)28-27(25-14-8-9-16-32-25)33-29(36)34(28)18-10-17-31-22-11-4-3-5-12-22/h3-9,11-16,19,27-28,31H,10,17-18H2,1-2H3,(H,33,36)/t27-,28-/m0/s1. The maximum atomic E-state index is 5.89. The van der Waals surface area contributed by atoms with Crippen LogP contribution in [-0.4, -0.2) is 32.7 Å². The molecule has 7 heteroatoms. The van der Waals surface area contributed by atoms with E-state index in [4.69, 9.17) is 17.2 Å². The fraction of sp³-hybridized carbons (Fsp3) is 0.241. The van der Waals surface area contributed by atoms with Gasteiger partial charge in [-0.05, 0) is 96.4 Å². The average molecular weight is 561 g/mol. The van der Waals surface area contributed by atoms with Crippen LogP contribution in [0.5, 0.6) is 0 Å². The second-order valence-corrected chi connectivity index (χ2v) is 10.3. The second kappa shape index (κ2) is 10.8. The quantitative estimate of drug-likeness (QED) is 0.185. The summed E-state index contributed by atoms with van der Waals surface area (Å²) in [5, 5.41) is 7.89. The van der Waals surface area contributed by atoms with Gasteiger partial charge in [-0.1, -0.05) is 36.4 Å². The Labute approximate surface area is 226 Å². The molecule has 0 bridgehead atoms. The van der Waals surface area contributed by atoms with Gasteiger partial charge in [0.15, 0.2) is 5.11 Å². The van der Waals surface area contributed by atoms with Crippen molar-refractivity contribution < 1.29 is 0 Å². The Kier molecular flexibility index (Phi) is 7.39. The smallest absolute Gasteiger partial charge is 0.170 e. The zero-order chi connectivity index (χ0) is 25.1. The average Bonchev–Trinajstić information content (AvgIpc) is 3.38. The number of benzene rings is 2. The molecule has 36 heavy (non-hydrogen) atoms. The van der Waals surface area contributed by atoms with E-state index in [0.717, 1.165) is 46.2 Å². The highest BCUT2D eigenvalue weighted by Gasteiger charge is 2.41. The van der Waals surface area contributed by atoms with Crippen LogP contribution < -0.4 is 10.6 Å². The lowest BCUT2D eigenvalue weighted by molar-refractivity contribution is 0.315. The van der Waals surface area contributed by atoms with Crippen LogP contribution in [0.25, 0.3) is 5.69 Å². The maximum absolute atomic E-state index is 5.89. The minimum atomic E-state index is -0.0195. The third kappa shape index (κ3) is 4.90. The predicted octanol–water partition coefficient (Wildman–Crippen LogP) is 6.73. The third-order valence-corrected chi connectivity index (χ3v) is 7.78. The number of nitrogens with one attached hydrogen (secondary N) is 2. The van der Waals surface area contributed by atoms with Gasteiger partial charge in [-0.15, -0.1) is 0 Å². The first-order valence-electron chi connectivity index (χ1n) is 12.3. The molecule has 1 aliphatic heterocycles. The largest absolute Gasteiger partial charge is 0.385 e. The van der Waals surface area contributed by atoms with Crippen LogP contribution in [0.2, 0.25) is 0 Å². The van der Waals surface area contributed by atoms with Crippen molar-refractivity contribution in [2.45, 2.75) is 32.4 Å². The molecule has 5 rings (SSSR count). The SMILES string of the molecule is Cc1cc([C@H]2[C@H](c3ccccn3)NC(=S)N2CCCNc2ccccc2)c(C)n1-c1ccccc1Br. The molecule has 0 aliphatic carbocycles. The summed E-state index contributed by atoms with van der Waals surface area (Å²) in [6.45, 7) is 6.09. The number of pyridine rings is 1. The number of aryl methyl sites for hydroxylation is 1. The highest BCUT2D eigenvalue weighted by Crippen LogP contribution is 2.41. The van der Waals surface area contributed by atoms with E-state index in [1.54, 1.807) is 0 Å². The molecule has 4 aromatic rings. The number of hydrogen-bond donors (Lipinski definition) is 2. The minimum absolute atomic E-state index is 0.0195. The summed E-state index contributed by atoms with van der Waals surface area (Å²) in [6, 6.07) is 27.1. The van der Waals surface area contributed by atoms with Crippen molar-refractivity contribution in [3.63, 3.8) is 0 Å². The number of thiocarbonyl (C=S) groups is 1. The lowest BCUT2D eigenvalue weighted by atomic mass is 9.96. The highest BCUT2D eigenvalue weighted by molar-refractivity contribution is 9.10. The first kappa shape index (κ1) is 24.5. The van der Waals surface area contributed by atoms with Gasteiger partial charge in [0.05, 0.1) is 23.5 Å². The highest BCUT2D eigenvalue weighted by atomic mass is 79.9. The van der Waals surface area contributed by atoms with Crippen molar-refractivity contribution in [2.75, 3.05) is 18.4 Å². The number of halogens is 1. The Morgan fingerprint density at radius 1 is 1.00 bits per heavy atom. The summed E-state index contributed by atoms with van der Waals surface area (Å²) in [6.07, 6.45) is 2.82. The number of anilines is 1. The summed E-state index contributed by atoms with van der Waals surface area (Å²) in [4.78, 5) is 7.04. The van der Waals surface area contributed by atoms with E-state index in [1.807, 2.05) is 30.5 Å². The van der Waals surface area contributed by atoms with Gasteiger partial charge < -0.3 is 20.1 Å². The van der Waals surface area contributed by atoms with Crippen molar-refractivity contribution in [2.24, 2.45) is 0 Å². The summed E-state index contributed by atoms with van der Waals surface area (Å²) in [5.41, 5.74) is 6.95. The van der Waals surface area contributed by atoms with Crippen LogP contribution in [0.1, 0.15) is 41.1 Å². The molecule has 0 unspecified atom stereocenters. The van der Waals surface area contributed by atoms with E-state index in [2.05, 4.69) is 104 Å². The fourth-order valence-corrected chi connectivity index (χ4v) is 5.91. The van der Waals surface area contributed by atoms with E-state index in [-0.39, 0.29) is 12.1 Å². The molecular weight excluding hydrogens is 530 g/mol. The van der Waals surface area contributed by atoms with Gasteiger partial charge in [-0.3, -0.25) is 4.98 Å². The number of aromatic nitrogens is 2. The molecule has 0 radical (unpaired) electrons. The van der Waals surface area contributed by atoms with Gasteiger partial charge in [-0.25, -0.2) is 0 Å². The van der Waals surface area contributed by atoms with Gasteiger partial charge in [0.2, 0.25) is 0 Å². The monoisotopic (exact) mass is 559 g/mol. The number of nitrogens with zero attached hydrogens (tertiary/aromatic N) is 3. The zero-order valence-corrected chi connectivity index (χ0v) is 22.9. The molecule has 1 fully saturated rings. The molecule has 3 heterocycles. The van der Waals surface area contributed by atoms with Crippen LogP contribution in [0, 0.1) is 13.8 Å². The molecule has 0 saturated carbocycles. The van der Waals surface area contributed by atoms with Crippen LogP contribution in [0.15, 0.2) is 89.5 Å². The number of rotatable bonds is 8. The maximum Gasteiger partial charge on any atom is 0.170 e. The lowest BCUT2D eigenvalue weighted by Gasteiger charge is -2.28. The van der Waals surface area contributed by atoms with Gasteiger partial charge in [0.25, 0.3) is 0 Å². The molecule has 0 amide bonds. The van der Waals surface area contributed by atoms with E-state index in [1.165, 1.54) is 17.0 Å². The molecule has 2 atom stereocenters. The Morgan fingerprint density at radius 3 is 2.50 bits per heavy atom. The summed E-state index contributed by atoms with van der Waals surface area (Å²) in [5.74, 6) is 0. The van der Waals surface area contributed by atoms with Gasteiger partial charge in [0, 0.05) is 40.8 Å². The topological polar surface area (TPSA) is 45.1 Å². The van der Waals surface area contributed by atoms with Gasteiger partial charge in [0.1, 0.15) is 0 Å². The zero-order valence-electron chi connectivity index (χ0n) is 20.5. The molecule has 2 aromatic carbocycles. The van der Waals surface area contributed by atoms with E-state index in [9.17, 15) is 0 Å². The number of para-hydroxylation sites is 2. The predicted molar refractivity (Wildman–Crippen MR) is 155 cm³/mol. The molecular formula is C29H30BrN5S. The first-order chi connectivity index (χ1) is 17.5. The van der Waals surface area contributed by atoms with Crippen molar-refractivity contribution >= 4 is 38.9 Å². The molecule has 184 valence electrons. The van der Waals surface area contributed by atoms with E-state index in [0.29, 0.717) is 0 Å². The lowest BCUT2D eigenvalue weighted by Crippen LogP contribution is -2.31. The van der Waals surface area contributed by atoms with Crippen molar-refractivity contribution in [1.82, 2.24) is 19.8 Å². The number of hydrogen-bond acceptors (Lipinski definition) is 3. The van der Waals surface area contributed by atoms with Crippen molar-refractivity contribution in [1.29, 1.82) is 0 Å². The summed E-state index contributed by atoms with van der Waals surface area (Å²) < 4.78 is 3.40. The summed E-state index contributed by atoms with van der Waals surface area (Å²) >= 11 is 9.63. The Hall–Kier alpha value is -3.16. The molecule has 2 aromatic heterocycles. The second-order valence-electron chi connectivity index (χ2n) is 9.08. The molecule has 0 spiro atoms. The van der Waals surface area contributed by atoms with Crippen LogP contribution in [0.4, 0.5) is 5.69 Å². The molecule has 1 saturated heterocycles. The fourth-order valence-electron chi connectivity index (χ4n) is 5.11. The van der Waals surface area contributed by atoms with E-state index < -0.39 is 0 Å². The van der Waals surface area contributed by atoms with Gasteiger partial charge >= 0.3 is 0 Å². The van der Waals surface area contributed by atoms with Crippen molar-refractivity contribution in [3.8, 4) is 5.69 Å². The minimum Gasteiger partial charge on any atom is -0.385 e. The summed E-state index contributed by atoms with van der Waals surface area (Å²) in [7, 11) is 0. The Balaban J connectivity index is 1.46. The molecule has 2 N–H and O–H groups in total. The van der Waals surface area contributed by atoms with Crippen molar-refractivity contribution in [3.05, 3.63) is 112 Å². The Morgan fingerprint density at radius 2 is 1.75 bits per heavy atom. The van der Waals surface area contributed by atoms with E-state index >= 15 is 0 Å². The Bertz CT molecular complexity index is 1340.